The zero-order valence-corrected chi connectivity index (χ0v) is 13.6. The summed E-state index contributed by atoms with van der Waals surface area (Å²) >= 11 is 0. The first-order valence-electron chi connectivity index (χ1n) is 7.69. The van der Waals surface area contributed by atoms with E-state index in [1.165, 1.54) is 24.3 Å². The number of benzene rings is 2. The van der Waals surface area contributed by atoms with Gasteiger partial charge in [0.05, 0.1) is 0 Å². The average Bonchev–Trinajstić information content (AvgIpc) is 3.06. The molecule has 0 saturated carbocycles. The molecule has 0 N–H and O–H groups in total. The van der Waals surface area contributed by atoms with E-state index in [2.05, 4.69) is 4.98 Å². The van der Waals surface area contributed by atoms with Crippen molar-refractivity contribution >= 4 is 5.88 Å². The van der Waals surface area contributed by atoms with Crippen LogP contribution in [0.5, 0.6) is 5.75 Å². The molecule has 6 heteroatoms. The molecule has 0 unspecified atom stereocenters. The number of aromatic nitrogens is 1. The highest BCUT2D eigenvalue weighted by Gasteiger charge is 2.17. The molecule has 2 aromatic carbocycles. The van der Waals surface area contributed by atoms with Crippen LogP contribution in [0.4, 0.5) is 10.3 Å². The Morgan fingerprint density at radius 2 is 1.88 bits per heavy atom. The molecule has 0 aliphatic carbocycles. The lowest BCUT2D eigenvalue weighted by molar-refractivity contribution is 0.263. The van der Waals surface area contributed by atoms with E-state index >= 15 is 0 Å². The summed E-state index contributed by atoms with van der Waals surface area (Å²) in [6.07, 6.45) is 0. The Morgan fingerprint density at radius 1 is 1.16 bits per heavy atom. The molecule has 0 atom stereocenters. The monoisotopic (exact) mass is 337 g/mol. The van der Waals surface area contributed by atoms with Crippen LogP contribution in [0, 0.1) is 17.1 Å². The number of hydrogen-bond acceptors (Lipinski definition) is 5. The fourth-order valence-corrected chi connectivity index (χ4v) is 2.35. The first-order valence-corrected chi connectivity index (χ1v) is 7.69. The Balaban J connectivity index is 1.70. The molecule has 1 aromatic heterocycles. The zero-order valence-electron chi connectivity index (χ0n) is 13.6. The summed E-state index contributed by atoms with van der Waals surface area (Å²) in [4.78, 5) is 5.98. The molecule has 0 aliphatic heterocycles. The Morgan fingerprint density at radius 3 is 2.56 bits per heavy atom. The molecule has 0 saturated heterocycles. The fraction of sp³-hybridized carbons (Fsp3) is 0.158. The Labute approximate surface area is 144 Å². The maximum Gasteiger partial charge on any atom is 0.236 e. The van der Waals surface area contributed by atoms with Gasteiger partial charge in [-0.25, -0.2) is 4.39 Å². The highest BCUT2D eigenvalue weighted by molar-refractivity contribution is 5.47. The molecule has 0 radical (unpaired) electrons. The number of anilines is 1. The molecule has 0 amide bonds. The third-order valence-electron chi connectivity index (χ3n) is 3.54. The third kappa shape index (κ3) is 4.15. The quantitative estimate of drug-likeness (QED) is 0.682. The van der Waals surface area contributed by atoms with Gasteiger partial charge >= 0.3 is 0 Å². The van der Waals surface area contributed by atoms with Crippen molar-refractivity contribution in [2.75, 3.05) is 11.9 Å². The predicted octanol–water partition coefficient (Wildman–Crippen LogP) is 3.90. The maximum atomic E-state index is 12.9. The molecule has 3 aromatic rings. The van der Waals surface area contributed by atoms with Crippen LogP contribution in [0.1, 0.15) is 17.1 Å². The van der Waals surface area contributed by atoms with Crippen molar-refractivity contribution in [3.8, 4) is 11.8 Å². The first kappa shape index (κ1) is 16.5. The largest absolute Gasteiger partial charge is 0.484 e. The van der Waals surface area contributed by atoms with Gasteiger partial charge in [-0.15, -0.1) is 0 Å². The Kier molecular flexibility index (Phi) is 4.95. The van der Waals surface area contributed by atoms with Gasteiger partial charge in [-0.05, 0) is 29.8 Å². The van der Waals surface area contributed by atoms with Crippen molar-refractivity contribution in [2.24, 2.45) is 0 Å². The molecule has 25 heavy (non-hydrogen) atoms. The molecule has 5 nitrogen and oxygen atoms in total. The number of hydrogen-bond donors (Lipinski definition) is 0. The lowest BCUT2D eigenvalue weighted by Gasteiger charge is -2.15. The van der Waals surface area contributed by atoms with Gasteiger partial charge in [-0.3, -0.25) is 0 Å². The van der Waals surface area contributed by atoms with Crippen LogP contribution in [0.2, 0.25) is 0 Å². The van der Waals surface area contributed by atoms with Gasteiger partial charge in [-0.2, -0.15) is 10.2 Å². The number of nitriles is 1. The van der Waals surface area contributed by atoms with Crippen LogP contribution in [-0.4, -0.2) is 12.0 Å². The van der Waals surface area contributed by atoms with E-state index < -0.39 is 0 Å². The normalized spacial score (nSPS) is 10.3. The Bertz CT molecular complexity index is 870. The second-order valence-corrected chi connectivity index (χ2v) is 5.46. The van der Waals surface area contributed by atoms with E-state index in [4.69, 9.17) is 9.15 Å². The summed E-state index contributed by atoms with van der Waals surface area (Å²) in [6, 6.07) is 17.5. The van der Waals surface area contributed by atoms with Crippen LogP contribution in [0.25, 0.3) is 0 Å². The standard InChI is InChI=1S/C19H16FN3O2/c1-23(12-14-5-3-2-4-6-14)19-17(11-21)22-18(25-19)13-24-16-9-7-15(20)8-10-16/h2-10H,12-13H2,1H3. The lowest BCUT2D eigenvalue weighted by atomic mass is 10.2. The van der Waals surface area contributed by atoms with Crippen molar-refractivity contribution in [2.45, 2.75) is 13.2 Å². The van der Waals surface area contributed by atoms with Gasteiger partial charge in [-0.1, -0.05) is 30.3 Å². The number of nitrogens with zero attached hydrogens (tertiary/aromatic N) is 3. The van der Waals surface area contributed by atoms with E-state index in [0.29, 0.717) is 18.2 Å². The summed E-state index contributed by atoms with van der Waals surface area (Å²) in [5, 5.41) is 9.28. The van der Waals surface area contributed by atoms with E-state index in [1.807, 2.05) is 48.3 Å². The molecule has 1 heterocycles. The molecular weight excluding hydrogens is 321 g/mol. The summed E-state index contributed by atoms with van der Waals surface area (Å²) in [5.74, 6) is 0.845. The summed E-state index contributed by atoms with van der Waals surface area (Å²) < 4.78 is 24.1. The van der Waals surface area contributed by atoms with Crippen LogP contribution in [0.15, 0.2) is 59.0 Å². The zero-order chi connectivity index (χ0) is 17.6. The average molecular weight is 337 g/mol. The molecular formula is C19H16FN3O2. The van der Waals surface area contributed by atoms with Crippen molar-refractivity contribution in [3.05, 3.63) is 77.6 Å². The topological polar surface area (TPSA) is 62.3 Å². The molecule has 0 fully saturated rings. The molecule has 0 aliphatic rings. The van der Waals surface area contributed by atoms with Crippen LogP contribution < -0.4 is 9.64 Å². The molecule has 3 rings (SSSR count). The smallest absolute Gasteiger partial charge is 0.236 e. The van der Waals surface area contributed by atoms with Gasteiger partial charge in [0.15, 0.2) is 6.61 Å². The van der Waals surface area contributed by atoms with Crippen molar-refractivity contribution < 1.29 is 13.5 Å². The molecule has 0 bridgehead atoms. The van der Waals surface area contributed by atoms with E-state index in [0.717, 1.165) is 5.56 Å². The highest BCUT2D eigenvalue weighted by atomic mass is 19.1. The second kappa shape index (κ2) is 7.49. The van der Waals surface area contributed by atoms with E-state index in [1.54, 1.807) is 0 Å². The maximum absolute atomic E-state index is 12.9. The van der Waals surface area contributed by atoms with E-state index in [9.17, 15) is 9.65 Å². The fourth-order valence-electron chi connectivity index (χ4n) is 2.35. The summed E-state index contributed by atoms with van der Waals surface area (Å²) in [5.41, 5.74) is 1.30. The number of rotatable bonds is 6. The van der Waals surface area contributed by atoms with Gasteiger partial charge in [0.25, 0.3) is 0 Å². The van der Waals surface area contributed by atoms with Crippen LogP contribution >= 0.6 is 0 Å². The minimum absolute atomic E-state index is 0.0550. The number of oxazole rings is 1. The van der Waals surface area contributed by atoms with Gasteiger partial charge in [0.2, 0.25) is 17.5 Å². The van der Waals surface area contributed by atoms with Gasteiger partial charge < -0.3 is 14.1 Å². The van der Waals surface area contributed by atoms with E-state index in [-0.39, 0.29) is 24.0 Å². The third-order valence-corrected chi connectivity index (χ3v) is 3.54. The first-order chi connectivity index (χ1) is 12.2. The van der Waals surface area contributed by atoms with Crippen LogP contribution in [-0.2, 0) is 13.2 Å². The minimum atomic E-state index is -0.333. The summed E-state index contributed by atoms with van der Waals surface area (Å²) in [7, 11) is 1.83. The van der Waals surface area contributed by atoms with Gasteiger partial charge in [0, 0.05) is 13.6 Å². The van der Waals surface area contributed by atoms with Crippen molar-refractivity contribution in [1.82, 2.24) is 4.98 Å². The van der Waals surface area contributed by atoms with Crippen molar-refractivity contribution in [3.63, 3.8) is 0 Å². The van der Waals surface area contributed by atoms with Crippen molar-refractivity contribution in [1.29, 1.82) is 5.26 Å². The lowest BCUT2D eigenvalue weighted by Crippen LogP contribution is -2.16. The van der Waals surface area contributed by atoms with Crippen LogP contribution in [0.3, 0.4) is 0 Å². The number of halogens is 1. The SMILES string of the molecule is CN(Cc1ccccc1)c1oc(COc2ccc(F)cc2)nc1C#N. The predicted molar refractivity (Wildman–Crippen MR) is 90.5 cm³/mol. The molecule has 126 valence electrons. The Hall–Kier alpha value is -3.33. The highest BCUT2D eigenvalue weighted by Crippen LogP contribution is 2.23. The molecule has 0 spiro atoms. The van der Waals surface area contributed by atoms with Gasteiger partial charge in [0.1, 0.15) is 17.6 Å². The second-order valence-electron chi connectivity index (χ2n) is 5.46. The summed E-state index contributed by atoms with van der Waals surface area (Å²) in [6.45, 7) is 0.641. The number of ether oxygens (including phenoxy) is 1. The minimum Gasteiger partial charge on any atom is -0.484 e.